The van der Waals surface area contributed by atoms with E-state index in [1.54, 1.807) is 6.07 Å². The zero-order valence-electron chi connectivity index (χ0n) is 19.3. The molecule has 0 fully saturated rings. The van der Waals surface area contributed by atoms with Crippen LogP contribution in [0.3, 0.4) is 0 Å². The van der Waals surface area contributed by atoms with Gasteiger partial charge < -0.3 is 15.2 Å². The molecule has 6 heteroatoms. The second-order valence-electron chi connectivity index (χ2n) is 8.42. The average Bonchev–Trinajstić information content (AvgIpc) is 3.15. The Balaban J connectivity index is 1.61. The van der Waals surface area contributed by atoms with Crippen LogP contribution in [0.2, 0.25) is 0 Å². The molecular weight excluding hydrogens is 412 g/mol. The van der Waals surface area contributed by atoms with Gasteiger partial charge in [-0.15, -0.1) is 0 Å². The van der Waals surface area contributed by atoms with Crippen LogP contribution < -0.4 is 10.6 Å². The first-order valence-electron chi connectivity index (χ1n) is 11.0. The number of imidazole rings is 1. The summed E-state index contributed by atoms with van der Waals surface area (Å²) in [5, 5.41) is 6.07. The van der Waals surface area contributed by atoms with E-state index < -0.39 is 6.04 Å². The SMILES string of the molecule is Cc1cccc(C(=O)NC(C)c2nc3ccccc3n2CC(=O)Nc2c(C)cccc2C)c1. The Kier molecular flexibility index (Phi) is 6.27. The number of anilines is 1. The third-order valence-corrected chi connectivity index (χ3v) is 5.75. The third-order valence-electron chi connectivity index (χ3n) is 5.75. The second-order valence-corrected chi connectivity index (χ2v) is 8.42. The van der Waals surface area contributed by atoms with E-state index in [0.29, 0.717) is 11.4 Å². The van der Waals surface area contributed by atoms with E-state index >= 15 is 0 Å². The topological polar surface area (TPSA) is 76.0 Å². The second kappa shape index (κ2) is 9.28. The molecule has 0 radical (unpaired) electrons. The van der Waals surface area contributed by atoms with E-state index in [-0.39, 0.29) is 18.4 Å². The Bertz CT molecular complexity index is 1320. The highest BCUT2D eigenvalue weighted by Crippen LogP contribution is 2.23. The number of carbonyl (C=O) groups is 2. The van der Waals surface area contributed by atoms with Crippen LogP contribution in [-0.4, -0.2) is 21.4 Å². The molecule has 0 saturated carbocycles. The summed E-state index contributed by atoms with van der Waals surface area (Å²) in [7, 11) is 0. The first kappa shape index (κ1) is 22.3. The number of hydrogen-bond donors (Lipinski definition) is 2. The number of carbonyl (C=O) groups excluding carboxylic acids is 2. The maximum Gasteiger partial charge on any atom is 0.251 e. The van der Waals surface area contributed by atoms with Crippen molar-refractivity contribution in [3.05, 3.63) is 94.8 Å². The van der Waals surface area contributed by atoms with Crippen molar-refractivity contribution in [2.45, 2.75) is 40.3 Å². The van der Waals surface area contributed by atoms with Crippen LogP contribution in [0.1, 0.15) is 45.8 Å². The summed E-state index contributed by atoms with van der Waals surface area (Å²) in [6, 6.07) is 20.7. The number of nitrogens with zero attached hydrogens (tertiary/aromatic N) is 2. The smallest absolute Gasteiger partial charge is 0.251 e. The summed E-state index contributed by atoms with van der Waals surface area (Å²) in [5.74, 6) is 0.313. The Morgan fingerprint density at radius 3 is 2.36 bits per heavy atom. The number of aryl methyl sites for hydroxylation is 3. The largest absolute Gasteiger partial charge is 0.342 e. The molecule has 0 aliphatic heterocycles. The van der Waals surface area contributed by atoms with Crippen LogP contribution >= 0.6 is 0 Å². The van der Waals surface area contributed by atoms with Crippen molar-refractivity contribution >= 4 is 28.5 Å². The third kappa shape index (κ3) is 4.80. The van der Waals surface area contributed by atoms with Gasteiger partial charge in [0.15, 0.2) is 0 Å². The highest BCUT2D eigenvalue weighted by atomic mass is 16.2. The molecule has 0 aliphatic rings. The predicted octanol–water partition coefficient (Wildman–Crippen LogP) is 5.09. The van der Waals surface area contributed by atoms with Crippen molar-refractivity contribution in [1.29, 1.82) is 0 Å². The van der Waals surface area contributed by atoms with E-state index in [1.807, 2.05) is 92.9 Å². The van der Waals surface area contributed by atoms with Gasteiger partial charge in [-0.05, 0) is 63.1 Å². The van der Waals surface area contributed by atoms with Gasteiger partial charge in [-0.2, -0.15) is 0 Å². The van der Waals surface area contributed by atoms with E-state index in [2.05, 4.69) is 10.6 Å². The molecule has 1 atom stereocenters. The number of fused-ring (bicyclic) bond motifs is 1. The van der Waals surface area contributed by atoms with Gasteiger partial charge in [-0.3, -0.25) is 9.59 Å². The molecule has 2 amide bonds. The minimum absolute atomic E-state index is 0.0915. The van der Waals surface area contributed by atoms with Gasteiger partial charge in [-0.1, -0.05) is 48.0 Å². The summed E-state index contributed by atoms with van der Waals surface area (Å²) in [4.78, 5) is 30.6. The quantitative estimate of drug-likeness (QED) is 0.438. The molecule has 1 unspecified atom stereocenters. The summed E-state index contributed by atoms with van der Waals surface area (Å²) < 4.78 is 1.87. The van der Waals surface area contributed by atoms with Gasteiger partial charge >= 0.3 is 0 Å². The van der Waals surface area contributed by atoms with Crippen molar-refractivity contribution in [3.8, 4) is 0 Å². The molecule has 168 valence electrons. The number of benzene rings is 3. The Morgan fingerprint density at radius 2 is 1.64 bits per heavy atom. The normalized spacial score (nSPS) is 11.9. The van der Waals surface area contributed by atoms with Gasteiger partial charge in [0.1, 0.15) is 12.4 Å². The zero-order chi connectivity index (χ0) is 23.5. The number of hydrogen-bond acceptors (Lipinski definition) is 3. The van der Waals surface area contributed by atoms with Crippen LogP contribution in [0.5, 0.6) is 0 Å². The van der Waals surface area contributed by atoms with Crippen LogP contribution in [0.25, 0.3) is 11.0 Å². The molecule has 0 saturated heterocycles. The van der Waals surface area contributed by atoms with Crippen molar-refractivity contribution in [1.82, 2.24) is 14.9 Å². The lowest BCUT2D eigenvalue weighted by atomic mass is 10.1. The Morgan fingerprint density at radius 1 is 0.939 bits per heavy atom. The number of aromatic nitrogens is 2. The van der Waals surface area contributed by atoms with Crippen molar-refractivity contribution in [2.75, 3.05) is 5.32 Å². The maximum absolute atomic E-state index is 13.0. The minimum atomic E-state index is -0.390. The molecule has 1 heterocycles. The molecule has 6 nitrogen and oxygen atoms in total. The standard InChI is InChI=1S/C27H28N4O2/c1-17-9-7-12-21(15-17)27(33)28-20(4)26-29-22-13-5-6-14-23(22)31(26)16-24(32)30-25-18(2)10-8-11-19(25)3/h5-15,20H,16H2,1-4H3,(H,28,33)(H,30,32). The summed E-state index contributed by atoms with van der Waals surface area (Å²) >= 11 is 0. The Hall–Kier alpha value is -3.93. The first-order chi connectivity index (χ1) is 15.8. The predicted molar refractivity (Wildman–Crippen MR) is 131 cm³/mol. The van der Waals surface area contributed by atoms with Gasteiger partial charge in [-0.25, -0.2) is 4.98 Å². The van der Waals surface area contributed by atoms with E-state index in [9.17, 15) is 9.59 Å². The van der Waals surface area contributed by atoms with Crippen LogP contribution in [0.4, 0.5) is 5.69 Å². The zero-order valence-corrected chi connectivity index (χ0v) is 19.3. The van der Waals surface area contributed by atoms with Gasteiger partial charge in [0, 0.05) is 11.3 Å². The highest BCUT2D eigenvalue weighted by molar-refractivity contribution is 5.95. The molecule has 1 aromatic heterocycles. The molecule has 0 spiro atoms. The van der Waals surface area contributed by atoms with Crippen molar-refractivity contribution in [3.63, 3.8) is 0 Å². The summed E-state index contributed by atoms with van der Waals surface area (Å²) in [5.41, 5.74) is 6.10. The van der Waals surface area contributed by atoms with E-state index in [1.165, 1.54) is 0 Å². The van der Waals surface area contributed by atoms with E-state index in [4.69, 9.17) is 4.98 Å². The lowest BCUT2D eigenvalue weighted by Crippen LogP contribution is -2.30. The molecule has 0 aliphatic carbocycles. The molecular formula is C27H28N4O2. The average molecular weight is 441 g/mol. The van der Waals surface area contributed by atoms with Gasteiger partial charge in [0.25, 0.3) is 5.91 Å². The molecule has 0 bridgehead atoms. The molecule has 33 heavy (non-hydrogen) atoms. The fraction of sp³-hybridized carbons (Fsp3) is 0.222. The van der Waals surface area contributed by atoms with Crippen LogP contribution in [0.15, 0.2) is 66.7 Å². The lowest BCUT2D eigenvalue weighted by Gasteiger charge is -2.17. The fourth-order valence-corrected chi connectivity index (χ4v) is 4.06. The minimum Gasteiger partial charge on any atom is -0.342 e. The van der Waals surface area contributed by atoms with Crippen molar-refractivity contribution < 1.29 is 9.59 Å². The first-order valence-corrected chi connectivity index (χ1v) is 11.0. The maximum atomic E-state index is 13.0. The van der Waals surface area contributed by atoms with Gasteiger partial charge in [0.2, 0.25) is 5.91 Å². The van der Waals surface area contributed by atoms with Crippen molar-refractivity contribution in [2.24, 2.45) is 0 Å². The fourth-order valence-electron chi connectivity index (χ4n) is 4.06. The molecule has 4 rings (SSSR count). The summed E-state index contributed by atoms with van der Waals surface area (Å²) in [6.07, 6.45) is 0. The molecule has 2 N–H and O–H groups in total. The van der Waals surface area contributed by atoms with Crippen LogP contribution in [-0.2, 0) is 11.3 Å². The molecule has 3 aromatic carbocycles. The lowest BCUT2D eigenvalue weighted by molar-refractivity contribution is -0.116. The van der Waals surface area contributed by atoms with Crippen LogP contribution in [0, 0.1) is 20.8 Å². The number of rotatable bonds is 6. The highest BCUT2D eigenvalue weighted by Gasteiger charge is 2.21. The number of amides is 2. The number of nitrogens with one attached hydrogen (secondary N) is 2. The summed E-state index contributed by atoms with van der Waals surface area (Å²) in [6.45, 7) is 7.88. The van der Waals surface area contributed by atoms with Gasteiger partial charge in [0.05, 0.1) is 17.1 Å². The van der Waals surface area contributed by atoms with E-state index in [0.717, 1.165) is 33.4 Å². The number of para-hydroxylation sites is 3. The Labute approximate surface area is 193 Å². The monoisotopic (exact) mass is 440 g/mol. The molecule has 4 aromatic rings.